The van der Waals surface area contributed by atoms with Crippen molar-refractivity contribution in [3.63, 3.8) is 0 Å². The molecule has 0 radical (unpaired) electrons. The summed E-state index contributed by atoms with van der Waals surface area (Å²) in [5.74, 6) is 0. The zero-order valence-electron chi connectivity index (χ0n) is 17.7. The summed E-state index contributed by atoms with van der Waals surface area (Å²) < 4.78 is 7.69. The monoisotopic (exact) mass is 424 g/mol. The zero-order valence-corrected chi connectivity index (χ0v) is 18.4. The molecule has 2 heterocycles. The molecule has 1 saturated heterocycles. The van der Waals surface area contributed by atoms with Crippen molar-refractivity contribution in [2.75, 3.05) is 6.61 Å². The number of fused-ring (bicyclic) bond motifs is 1. The summed E-state index contributed by atoms with van der Waals surface area (Å²) in [6.45, 7) is 6.18. The number of ether oxygens (including phenoxy) is 1. The summed E-state index contributed by atoms with van der Waals surface area (Å²) in [6, 6.07) is 18.4. The highest BCUT2D eigenvalue weighted by molar-refractivity contribution is 6.31. The zero-order chi connectivity index (χ0) is 21.1. The maximum atomic E-state index is 13.4. The van der Waals surface area contributed by atoms with E-state index >= 15 is 0 Å². The SMILES string of the molecule is CC1(C)CC(NCc2cc3ccc(Cl)cc3n(CCc3ccccc3)c2=O)CCO1. The van der Waals surface area contributed by atoms with Gasteiger partial charge in [0.2, 0.25) is 0 Å². The minimum Gasteiger partial charge on any atom is -0.375 e. The average molecular weight is 425 g/mol. The van der Waals surface area contributed by atoms with Crippen LogP contribution in [0.1, 0.15) is 37.8 Å². The molecule has 30 heavy (non-hydrogen) atoms. The van der Waals surface area contributed by atoms with Crippen LogP contribution in [0, 0.1) is 0 Å². The second kappa shape index (κ2) is 8.93. The Morgan fingerprint density at radius 1 is 1.17 bits per heavy atom. The highest BCUT2D eigenvalue weighted by Gasteiger charge is 2.28. The van der Waals surface area contributed by atoms with Crippen molar-refractivity contribution in [2.45, 2.75) is 57.8 Å². The van der Waals surface area contributed by atoms with E-state index in [2.05, 4.69) is 31.3 Å². The van der Waals surface area contributed by atoms with Crippen LogP contribution in [-0.2, 0) is 24.2 Å². The molecule has 1 aliphatic heterocycles. The van der Waals surface area contributed by atoms with E-state index < -0.39 is 0 Å². The quantitative estimate of drug-likeness (QED) is 0.609. The van der Waals surface area contributed by atoms with Crippen molar-refractivity contribution >= 4 is 22.5 Å². The van der Waals surface area contributed by atoms with Gasteiger partial charge in [0, 0.05) is 36.3 Å². The molecule has 1 atom stereocenters. The summed E-state index contributed by atoms with van der Waals surface area (Å²) >= 11 is 6.25. The van der Waals surface area contributed by atoms with E-state index in [1.165, 1.54) is 5.56 Å². The van der Waals surface area contributed by atoms with Gasteiger partial charge in [-0.2, -0.15) is 0 Å². The number of benzene rings is 2. The van der Waals surface area contributed by atoms with Gasteiger partial charge < -0.3 is 14.6 Å². The van der Waals surface area contributed by atoms with Crippen LogP contribution in [0.15, 0.2) is 59.4 Å². The topological polar surface area (TPSA) is 43.3 Å². The molecule has 0 amide bonds. The Labute approximate surface area is 182 Å². The van der Waals surface area contributed by atoms with Crippen molar-refractivity contribution in [3.05, 3.63) is 81.1 Å². The van der Waals surface area contributed by atoms with Gasteiger partial charge in [-0.25, -0.2) is 0 Å². The molecular formula is C25H29ClN2O2. The molecule has 3 aromatic rings. The lowest BCUT2D eigenvalue weighted by Crippen LogP contribution is -2.44. The minimum atomic E-state index is -0.119. The maximum Gasteiger partial charge on any atom is 0.255 e. The van der Waals surface area contributed by atoms with Gasteiger partial charge in [0.25, 0.3) is 5.56 Å². The maximum absolute atomic E-state index is 13.4. The molecule has 0 bridgehead atoms. The van der Waals surface area contributed by atoms with Crippen molar-refractivity contribution in [1.29, 1.82) is 0 Å². The molecule has 5 heteroatoms. The number of aryl methyl sites for hydroxylation is 2. The molecule has 0 aliphatic carbocycles. The molecule has 1 fully saturated rings. The molecular weight excluding hydrogens is 396 g/mol. The van der Waals surface area contributed by atoms with E-state index in [0.29, 0.717) is 24.2 Å². The van der Waals surface area contributed by atoms with Crippen LogP contribution in [0.4, 0.5) is 0 Å². The van der Waals surface area contributed by atoms with E-state index in [-0.39, 0.29) is 11.2 Å². The Kier molecular flexibility index (Phi) is 6.28. The van der Waals surface area contributed by atoms with Gasteiger partial charge in [-0.15, -0.1) is 0 Å². The summed E-state index contributed by atoms with van der Waals surface area (Å²) in [7, 11) is 0. The van der Waals surface area contributed by atoms with E-state index in [0.717, 1.165) is 42.3 Å². The first-order valence-electron chi connectivity index (χ1n) is 10.6. The number of nitrogens with one attached hydrogen (secondary N) is 1. The Hall–Kier alpha value is -2.14. The number of halogens is 1. The van der Waals surface area contributed by atoms with E-state index in [1.54, 1.807) is 0 Å². The van der Waals surface area contributed by atoms with Gasteiger partial charge in [0.05, 0.1) is 11.1 Å². The summed E-state index contributed by atoms with van der Waals surface area (Å²) in [4.78, 5) is 13.4. The van der Waals surface area contributed by atoms with Gasteiger partial charge in [0.1, 0.15) is 0 Å². The molecule has 0 saturated carbocycles. The third-order valence-electron chi connectivity index (χ3n) is 5.88. The van der Waals surface area contributed by atoms with Crippen LogP contribution in [0.25, 0.3) is 10.9 Å². The molecule has 1 aromatic heterocycles. The summed E-state index contributed by atoms with van der Waals surface area (Å²) in [5.41, 5.74) is 2.83. The average Bonchev–Trinajstić information content (AvgIpc) is 2.72. The fourth-order valence-corrected chi connectivity index (χ4v) is 4.47. The molecule has 4 rings (SSSR count). The van der Waals surface area contributed by atoms with Gasteiger partial charge in [0.15, 0.2) is 0 Å². The van der Waals surface area contributed by atoms with Crippen molar-refractivity contribution < 1.29 is 4.74 Å². The van der Waals surface area contributed by atoms with Gasteiger partial charge in [-0.1, -0.05) is 48.0 Å². The first-order chi connectivity index (χ1) is 14.4. The van der Waals surface area contributed by atoms with E-state index in [4.69, 9.17) is 16.3 Å². The molecule has 0 spiro atoms. The highest BCUT2D eigenvalue weighted by atomic mass is 35.5. The van der Waals surface area contributed by atoms with Crippen LogP contribution >= 0.6 is 11.6 Å². The molecule has 1 aliphatic rings. The molecule has 2 aromatic carbocycles. The molecule has 1 N–H and O–H groups in total. The second-order valence-electron chi connectivity index (χ2n) is 8.74. The fraction of sp³-hybridized carbons (Fsp3) is 0.400. The second-order valence-corrected chi connectivity index (χ2v) is 9.18. The summed E-state index contributed by atoms with van der Waals surface area (Å²) in [6.07, 6.45) is 2.71. The first-order valence-corrected chi connectivity index (χ1v) is 11.0. The molecule has 158 valence electrons. The number of hydrogen-bond donors (Lipinski definition) is 1. The van der Waals surface area contributed by atoms with Gasteiger partial charge in [-0.05, 0) is 62.3 Å². The minimum absolute atomic E-state index is 0.0551. The van der Waals surface area contributed by atoms with Crippen LogP contribution in [0.5, 0.6) is 0 Å². The Balaban J connectivity index is 1.61. The number of aromatic nitrogens is 1. The Bertz CT molecular complexity index is 1080. The third-order valence-corrected chi connectivity index (χ3v) is 6.11. The van der Waals surface area contributed by atoms with E-state index in [1.807, 2.05) is 47.0 Å². The number of nitrogens with zero attached hydrogens (tertiary/aromatic N) is 1. The van der Waals surface area contributed by atoms with Gasteiger partial charge in [-0.3, -0.25) is 4.79 Å². The predicted molar refractivity (Wildman–Crippen MR) is 123 cm³/mol. The lowest BCUT2D eigenvalue weighted by molar-refractivity contribution is -0.0630. The van der Waals surface area contributed by atoms with Crippen LogP contribution in [0.2, 0.25) is 5.02 Å². The van der Waals surface area contributed by atoms with Gasteiger partial charge >= 0.3 is 0 Å². The first kappa shape index (κ1) is 21.1. The predicted octanol–water partition coefficient (Wildman–Crippen LogP) is 4.94. The molecule has 4 nitrogen and oxygen atoms in total. The normalized spacial score (nSPS) is 18.6. The largest absolute Gasteiger partial charge is 0.375 e. The van der Waals surface area contributed by atoms with Crippen LogP contribution < -0.4 is 10.9 Å². The van der Waals surface area contributed by atoms with Crippen molar-refractivity contribution in [3.8, 4) is 0 Å². The lowest BCUT2D eigenvalue weighted by atomic mass is 9.94. The van der Waals surface area contributed by atoms with Crippen molar-refractivity contribution in [1.82, 2.24) is 9.88 Å². The van der Waals surface area contributed by atoms with Crippen molar-refractivity contribution in [2.24, 2.45) is 0 Å². The smallest absolute Gasteiger partial charge is 0.255 e. The van der Waals surface area contributed by atoms with Crippen LogP contribution in [-0.4, -0.2) is 22.8 Å². The standard InChI is InChI=1S/C25H29ClN2O2/c1-25(2)16-22(11-13-30-25)27-17-20-14-19-8-9-21(26)15-23(19)28(24(20)29)12-10-18-6-4-3-5-7-18/h3-9,14-15,22,27H,10-13,16-17H2,1-2H3. The number of pyridine rings is 1. The Morgan fingerprint density at radius 3 is 2.73 bits per heavy atom. The Morgan fingerprint density at radius 2 is 1.97 bits per heavy atom. The fourth-order valence-electron chi connectivity index (χ4n) is 4.30. The highest BCUT2D eigenvalue weighted by Crippen LogP contribution is 2.24. The van der Waals surface area contributed by atoms with Crippen LogP contribution in [0.3, 0.4) is 0 Å². The molecule has 1 unspecified atom stereocenters. The van der Waals surface area contributed by atoms with E-state index in [9.17, 15) is 4.79 Å². The summed E-state index contributed by atoms with van der Waals surface area (Å²) in [5, 5.41) is 5.27. The number of hydrogen-bond acceptors (Lipinski definition) is 3. The number of rotatable bonds is 6. The third kappa shape index (κ3) is 4.94. The lowest BCUT2D eigenvalue weighted by Gasteiger charge is -2.36.